The number of benzene rings is 1. The number of rotatable bonds is 2. The van der Waals surface area contributed by atoms with E-state index in [1.807, 2.05) is 0 Å². The fourth-order valence-electron chi connectivity index (χ4n) is 1.16. The Hall–Kier alpha value is -0.520. The second-order valence-electron chi connectivity index (χ2n) is 3.36. The minimum atomic E-state index is -0.864. The van der Waals surface area contributed by atoms with Crippen LogP contribution in [0.1, 0.15) is 18.1 Å². The highest BCUT2D eigenvalue weighted by Gasteiger charge is 2.11. The van der Waals surface area contributed by atoms with Crippen molar-refractivity contribution in [2.24, 2.45) is 0 Å². The zero-order chi connectivity index (χ0) is 12.1. The van der Waals surface area contributed by atoms with Crippen LogP contribution in [-0.2, 0) is 11.2 Å². The molecule has 86 valence electrons. The lowest BCUT2D eigenvalue weighted by molar-refractivity contribution is -0.136. The Morgan fingerprint density at radius 1 is 1.56 bits per heavy atom. The first-order chi connectivity index (χ1) is 7.49. The lowest BCUT2D eigenvalue weighted by Gasteiger charge is -2.11. The van der Waals surface area contributed by atoms with Gasteiger partial charge in [-0.3, -0.25) is 4.79 Å². The number of carboxylic acids is 1. The fraction of sp³-hybridized carbons (Fsp3) is 0.273. The summed E-state index contributed by atoms with van der Waals surface area (Å²) < 4.78 is 0.366. The molecule has 1 aromatic carbocycles. The van der Waals surface area contributed by atoms with Gasteiger partial charge in [-0.1, -0.05) is 48.2 Å². The standard InChI is InChI=1S/C7H6.C4H6O2S3/c1-2-6-4-7(3-1)5-6;1-2(3(5)6)9-4(7)8/h1-4H,5H2;2H,1H3,(H,5,6)(H,7,8). The van der Waals surface area contributed by atoms with Crippen molar-refractivity contribution in [3.8, 4) is 0 Å². The third-order valence-electron chi connectivity index (χ3n) is 2.03. The van der Waals surface area contributed by atoms with Crippen LogP contribution in [0.25, 0.3) is 0 Å². The van der Waals surface area contributed by atoms with Crippen molar-refractivity contribution in [3.05, 3.63) is 35.4 Å². The van der Waals surface area contributed by atoms with E-state index in [0.717, 1.165) is 11.8 Å². The summed E-state index contributed by atoms with van der Waals surface area (Å²) in [5.74, 6) is -0.864. The number of carbonyl (C=O) groups is 1. The normalized spacial score (nSPS) is 12.9. The third-order valence-corrected chi connectivity index (χ3v) is 3.39. The largest absolute Gasteiger partial charge is 0.480 e. The van der Waals surface area contributed by atoms with Crippen LogP contribution in [0.3, 0.4) is 0 Å². The van der Waals surface area contributed by atoms with Gasteiger partial charge in [-0.15, -0.1) is 12.6 Å². The van der Waals surface area contributed by atoms with Gasteiger partial charge < -0.3 is 5.11 Å². The maximum absolute atomic E-state index is 10.1. The number of fused-ring (bicyclic) bond motifs is 2. The van der Waals surface area contributed by atoms with Crippen LogP contribution in [0, 0.1) is 0 Å². The van der Waals surface area contributed by atoms with E-state index in [9.17, 15) is 4.79 Å². The minimum Gasteiger partial charge on any atom is -0.480 e. The number of thiocarbonyl (C=S) groups is 1. The molecule has 0 saturated heterocycles. The van der Waals surface area contributed by atoms with E-state index in [2.05, 4.69) is 49.1 Å². The van der Waals surface area contributed by atoms with Gasteiger partial charge in [0.2, 0.25) is 0 Å². The first-order valence-electron chi connectivity index (χ1n) is 4.69. The van der Waals surface area contributed by atoms with Crippen LogP contribution in [0.5, 0.6) is 0 Å². The molecule has 1 unspecified atom stereocenters. The van der Waals surface area contributed by atoms with E-state index < -0.39 is 11.2 Å². The first kappa shape index (κ1) is 13.5. The number of aliphatic carboxylic acids is 1. The molecule has 2 bridgehead atoms. The molecule has 3 rings (SSSR count). The van der Waals surface area contributed by atoms with E-state index >= 15 is 0 Å². The summed E-state index contributed by atoms with van der Waals surface area (Å²) in [5, 5.41) is 7.83. The molecule has 0 amide bonds. The van der Waals surface area contributed by atoms with Crippen molar-refractivity contribution in [2.45, 2.75) is 18.6 Å². The molecule has 16 heavy (non-hydrogen) atoms. The SMILES string of the molecule is CC(SC(=S)S)C(=O)O.c1cc2cc(c1)C2. The topological polar surface area (TPSA) is 37.3 Å². The molecular weight excluding hydrogens is 260 g/mol. The van der Waals surface area contributed by atoms with Gasteiger partial charge in [0.15, 0.2) is 0 Å². The number of hydrogen-bond donors (Lipinski definition) is 2. The van der Waals surface area contributed by atoms with Crippen molar-refractivity contribution < 1.29 is 9.90 Å². The Morgan fingerprint density at radius 3 is 2.19 bits per heavy atom. The molecule has 2 aliphatic rings. The highest BCUT2D eigenvalue weighted by Crippen LogP contribution is 2.18. The predicted molar refractivity (Wildman–Crippen MR) is 75.5 cm³/mol. The highest BCUT2D eigenvalue weighted by atomic mass is 32.2. The zero-order valence-corrected chi connectivity index (χ0v) is 11.2. The first-order valence-corrected chi connectivity index (χ1v) is 6.42. The van der Waals surface area contributed by atoms with Gasteiger partial charge in [0, 0.05) is 0 Å². The summed E-state index contributed by atoms with van der Waals surface area (Å²) in [6, 6.07) is 8.65. The fourth-order valence-corrected chi connectivity index (χ4v) is 2.47. The van der Waals surface area contributed by atoms with E-state index in [-0.39, 0.29) is 0 Å². The van der Waals surface area contributed by atoms with Gasteiger partial charge in [0.1, 0.15) is 8.78 Å². The molecule has 2 nitrogen and oxygen atoms in total. The van der Waals surface area contributed by atoms with E-state index in [4.69, 9.17) is 5.11 Å². The summed E-state index contributed by atoms with van der Waals surface area (Å²) in [6.07, 6.45) is 1.22. The summed E-state index contributed by atoms with van der Waals surface area (Å²) in [7, 11) is 0. The Morgan fingerprint density at radius 2 is 2.06 bits per heavy atom. The Balaban J connectivity index is 0.000000163. The zero-order valence-electron chi connectivity index (χ0n) is 8.71. The molecule has 5 heteroatoms. The Kier molecular flexibility index (Phi) is 5.31. The average molecular weight is 272 g/mol. The Labute approximate surface area is 110 Å². The second-order valence-corrected chi connectivity index (χ2v) is 6.43. The number of hydrogen-bond acceptors (Lipinski definition) is 3. The quantitative estimate of drug-likeness (QED) is 0.651. The van der Waals surface area contributed by atoms with Crippen LogP contribution >= 0.6 is 36.6 Å². The summed E-state index contributed by atoms with van der Waals surface area (Å²) in [4.78, 5) is 10.1. The van der Waals surface area contributed by atoms with E-state index in [1.54, 1.807) is 6.92 Å². The average Bonchev–Trinajstić information content (AvgIpc) is 2.17. The van der Waals surface area contributed by atoms with Gasteiger partial charge in [0.05, 0.1) is 0 Å². The predicted octanol–water partition coefficient (Wildman–Crippen LogP) is 3.00. The van der Waals surface area contributed by atoms with Gasteiger partial charge in [-0.2, -0.15) is 0 Å². The molecule has 0 heterocycles. The van der Waals surface area contributed by atoms with Crippen LogP contribution < -0.4 is 0 Å². The van der Waals surface area contributed by atoms with Gasteiger partial charge in [-0.25, -0.2) is 0 Å². The van der Waals surface area contributed by atoms with Gasteiger partial charge in [-0.05, 0) is 24.5 Å². The summed E-state index contributed by atoms with van der Waals surface area (Å²) in [6.45, 7) is 1.56. The van der Waals surface area contributed by atoms with Crippen LogP contribution in [0.15, 0.2) is 24.3 Å². The maximum atomic E-state index is 10.1. The van der Waals surface area contributed by atoms with E-state index in [0.29, 0.717) is 3.53 Å². The summed E-state index contributed by atoms with van der Waals surface area (Å²) >= 11 is 9.38. The van der Waals surface area contributed by atoms with Crippen molar-refractivity contribution in [1.29, 1.82) is 0 Å². The molecule has 0 radical (unpaired) electrons. The van der Waals surface area contributed by atoms with Crippen LogP contribution in [-0.4, -0.2) is 19.9 Å². The molecule has 0 fully saturated rings. The molecule has 2 aliphatic carbocycles. The van der Waals surface area contributed by atoms with Crippen molar-refractivity contribution >= 4 is 46.1 Å². The molecular formula is C11H12O2S3. The third kappa shape index (κ3) is 4.55. The molecule has 1 aromatic rings. The van der Waals surface area contributed by atoms with Crippen LogP contribution in [0.2, 0.25) is 0 Å². The van der Waals surface area contributed by atoms with Crippen LogP contribution in [0.4, 0.5) is 0 Å². The molecule has 1 N–H and O–H groups in total. The molecule has 1 atom stereocenters. The van der Waals surface area contributed by atoms with Crippen molar-refractivity contribution in [1.82, 2.24) is 0 Å². The summed E-state index contributed by atoms with van der Waals surface area (Å²) in [5.41, 5.74) is 2.97. The number of thioether (sulfide) groups is 1. The molecule has 0 spiro atoms. The van der Waals surface area contributed by atoms with Gasteiger partial charge in [0.25, 0.3) is 0 Å². The monoisotopic (exact) mass is 272 g/mol. The van der Waals surface area contributed by atoms with Crippen molar-refractivity contribution in [2.75, 3.05) is 0 Å². The smallest absolute Gasteiger partial charge is 0.316 e. The highest BCUT2D eigenvalue weighted by molar-refractivity contribution is 8.42. The number of thiol groups is 1. The van der Waals surface area contributed by atoms with Crippen molar-refractivity contribution in [3.63, 3.8) is 0 Å². The minimum absolute atomic E-state index is 0.366. The van der Waals surface area contributed by atoms with E-state index in [1.165, 1.54) is 17.5 Å². The van der Waals surface area contributed by atoms with Gasteiger partial charge >= 0.3 is 5.97 Å². The molecule has 0 aromatic heterocycles. The molecule has 0 saturated carbocycles. The number of carboxylic acid groups (broad SMARTS) is 1. The second kappa shape index (κ2) is 6.27. The maximum Gasteiger partial charge on any atom is 0.316 e. The Bertz CT molecular complexity index is 379. The lowest BCUT2D eigenvalue weighted by atomic mass is 9.94. The lowest BCUT2D eigenvalue weighted by Crippen LogP contribution is -2.11. The molecule has 0 aliphatic heterocycles.